The number of carbonyl (C=O) groups excluding carboxylic acids is 1. The number of carbonyl (C=O) groups is 1. The Balaban J connectivity index is 2.28. The summed E-state index contributed by atoms with van der Waals surface area (Å²) >= 11 is 1.21. The molecule has 2 rings (SSSR count). The number of hydrogen-bond donors (Lipinski definition) is 4. The minimum atomic E-state index is -0.810. The zero-order chi connectivity index (χ0) is 15.6. The van der Waals surface area contributed by atoms with E-state index in [2.05, 4.69) is 5.32 Å². The van der Waals surface area contributed by atoms with Gasteiger partial charge in [-0.25, -0.2) is 0 Å². The van der Waals surface area contributed by atoms with Crippen molar-refractivity contribution in [1.82, 2.24) is 5.32 Å². The average molecular weight is 315 g/mol. The largest absolute Gasteiger partial charge is 0.492 e. The summed E-state index contributed by atoms with van der Waals surface area (Å²) in [5, 5.41) is 22.8. The number of nitrogens with one attached hydrogen (secondary N) is 1. The van der Waals surface area contributed by atoms with Crippen molar-refractivity contribution in [3.8, 4) is 5.75 Å². The van der Waals surface area contributed by atoms with E-state index in [0.717, 1.165) is 6.42 Å². The maximum Gasteiger partial charge on any atom is 0.263 e. The molecular formula is C13H21N3O4S. The Kier molecular flexibility index (Phi) is 4.92. The van der Waals surface area contributed by atoms with E-state index in [9.17, 15) is 15.0 Å². The molecule has 1 aromatic rings. The van der Waals surface area contributed by atoms with Crippen molar-refractivity contribution < 1.29 is 19.7 Å². The lowest BCUT2D eigenvalue weighted by Gasteiger charge is -2.16. The Bertz CT molecular complexity index is 510. The highest BCUT2D eigenvalue weighted by Gasteiger charge is 2.34. The summed E-state index contributed by atoms with van der Waals surface area (Å²) in [6.07, 6.45) is -0.781. The Hall–Kier alpha value is -1.51. The van der Waals surface area contributed by atoms with Crippen LogP contribution >= 0.6 is 11.3 Å². The summed E-state index contributed by atoms with van der Waals surface area (Å²) in [4.78, 5) is 14.3. The van der Waals surface area contributed by atoms with E-state index in [1.165, 1.54) is 18.4 Å². The lowest BCUT2D eigenvalue weighted by Crippen LogP contribution is -2.23. The Morgan fingerprint density at radius 1 is 1.48 bits per heavy atom. The van der Waals surface area contributed by atoms with Gasteiger partial charge in [0.1, 0.15) is 15.6 Å². The fraction of sp³-hybridized carbons (Fsp3) is 0.615. The van der Waals surface area contributed by atoms with Crippen LogP contribution in [0, 0.1) is 0 Å². The average Bonchev–Trinajstić information content (AvgIpc) is 2.96. The summed E-state index contributed by atoms with van der Waals surface area (Å²) in [7, 11) is 1.48. The van der Waals surface area contributed by atoms with Gasteiger partial charge in [0.2, 0.25) is 0 Å². The van der Waals surface area contributed by atoms with Crippen LogP contribution in [0.5, 0.6) is 5.75 Å². The number of thiophene rings is 1. The van der Waals surface area contributed by atoms with Crippen molar-refractivity contribution >= 4 is 27.9 Å². The molecule has 0 aliphatic carbocycles. The number of β-amino-alcohol motifs (C(OH)–C–C–N with tert-alkyl or cyclic N) is 2. The van der Waals surface area contributed by atoms with E-state index in [1.807, 2.05) is 6.92 Å². The summed E-state index contributed by atoms with van der Waals surface area (Å²) in [5.74, 6) is 0.187. The Morgan fingerprint density at radius 3 is 2.62 bits per heavy atom. The molecule has 1 aliphatic heterocycles. The topological polar surface area (TPSA) is 108 Å². The van der Waals surface area contributed by atoms with Gasteiger partial charge in [-0.3, -0.25) is 4.79 Å². The van der Waals surface area contributed by atoms with Gasteiger partial charge in [-0.1, -0.05) is 6.92 Å². The standard InChI is InChI=1S/C13H21N3O4S/c1-3-4-15-12(19)11-9(14)10(20-2)13(21-11)16-5-7(17)8(18)6-16/h7-8,17-18H,3-6,14H2,1-2H3,(H,15,19). The van der Waals surface area contributed by atoms with E-state index < -0.39 is 12.2 Å². The van der Waals surface area contributed by atoms with Crippen molar-refractivity contribution in [2.45, 2.75) is 25.6 Å². The van der Waals surface area contributed by atoms with Crippen LogP contribution in [0.3, 0.4) is 0 Å². The lowest BCUT2D eigenvalue weighted by molar-refractivity contribution is 0.0572. The van der Waals surface area contributed by atoms with Crippen LogP contribution < -0.4 is 20.7 Å². The second-order valence-electron chi connectivity index (χ2n) is 4.98. The number of anilines is 2. The first-order valence-electron chi connectivity index (χ1n) is 6.85. The van der Waals surface area contributed by atoms with Gasteiger partial charge in [-0.2, -0.15) is 0 Å². The summed E-state index contributed by atoms with van der Waals surface area (Å²) in [6, 6.07) is 0. The molecule has 2 unspecified atom stereocenters. The minimum Gasteiger partial charge on any atom is -0.492 e. The number of aliphatic hydroxyl groups is 2. The predicted octanol–water partition coefficient (Wildman–Crippen LogP) is 0.0205. The smallest absolute Gasteiger partial charge is 0.263 e. The highest BCUT2D eigenvalue weighted by molar-refractivity contribution is 7.19. The van der Waals surface area contributed by atoms with E-state index in [4.69, 9.17) is 10.5 Å². The molecule has 0 bridgehead atoms. The Labute approximate surface area is 127 Å². The molecule has 2 atom stereocenters. The van der Waals surface area contributed by atoms with E-state index in [-0.39, 0.29) is 19.0 Å². The molecule has 0 aromatic carbocycles. The maximum absolute atomic E-state index is 12.1. The first kappa shape index (κ1) is 15.9. The molecule has 5 N–H and O–H groups in total. The van der Waals surface area contributed by atoms with Gasteiger partial charge in [-0.15, -0.1) is 11.3 Å². The third-order valence-corrected chi connectivity index (χ3v) is 4.62. The molecular weight excluding hydrogens is 294 g/mol. The second kappa shape index (κ2) is 6.50. The van der Waals surface area contributed by atoms with Gasteiger partial charge in [0, 0.05) is 19.6 Å². The molecule has 0 saturated carbocycles. The van der Waals surface area contributed by atoms with Gasteiger partial charge in [-0.05, 0) is 6.42 Å². The zero-order valence-electron chi connectivity index (χ0n) is 12.1. The normalized spacial score (nSPS) is 21.6. The third-order valence-electron chi connectivity index (χ3n) is 3.37. The van der Waals surface area contributed by atoms with Crippen LogP contribution in [0.25, 0.3) is 0 Å². The number of amides is 1. The summed E-state index contributed by atoms with van der Waals surface area (Å²) in [5.41, 5.74) is 6.29. The molecule has 2 heterocycles. The predicted molar refractivity (Wildman–Crippen MR) is 82.1 cm³/mol. The second-order valence-corrected chi connectivity index (χ2v) is 5.98. The first-order valence-corrected chi connectivity index (χ1v) is 7.66. The van der Waals surface area contributed by atoms with E-state index in [0.29, 0.717) is 27.9 Å². The number of methoxy groups -OCH3 is 1. The molecule has 1 fully saturated rings. The monoisotopic (exact) mass is 315 g/mol. The van der Waals surface area contributed by atoms with Gasteiger partial charge in [0.15, 0.2) is 5.75 Å². The zero-order valence-corrected chi connectivity index (χ0v) is 12.9. The first-order chi connectivity index (χ1) is 9.99. The van der Waals surface area contributed by atoms with Gasteiger partial charge in [0.25, 0.3) is 5.91 Å². The molecule has 1 amide bonds. The Morgan fingerprint density at radius 2 is 2.10 bits per heavy atom. The van der Waals surface area contributed by atoms with Crippen molar-refractivity contribution in [2.75, 3.05) is 37.4 Å². The number of ether oxygens (including phenoxy) is 1. The van der Waals surface area contributed by atoms with Crippen LogP contribution in [0.15, 0.2) is 0 Å². The number of aliphatic hydroxyl groups excluding tert-OH is 2. The van der Waals surface area contributed by atoms with Crippen LogP contribution in [-0.4, -0.2) is 55.1 Å². The number of hydrogen-bond acceptors (Lipinski definition) is 7. The SMILES string of the molecule is CCCNC(=O)c1sc(N2CC(O)C(O)C2)c(OC)c1N. The number of nitrogens with zero attached hydrogens (tertiary/aromatic N) is 1. The van der Waals surface area contributed by atoms with Crippen LogP contribution in [0.1, 0.15) is 23.0 Å². The van der Waals surface area contributed by atoms with Gasteiger partial charge in [0.05, 0.1) is 19.3 Å². The third kappa shape index (κ3) is 3.07. The van der Waals surface area contributed by atoms with E-state index in [1.54, 1.807) is 4.90 Å². The minimum absolute atomic E-state index is 0.232. The molecule has 21 heavy (non-hydrogen) atoms. The van der Waals surface area contributed by atoms with Crippen molar-refractivity contribution in [2.24, 2.45) is 0 Å². The molecule has 1 aromatic heterocycles. The molecule has 8 heteroatoms. The molecule has 1 aliphatic rings. The number of nitrogens with two attached hydrogens (primary N) is 1. The number of nitrogen functional groups attached to an aromatic ring is 1. The van der Waals surface area contributed by atoms with Crippen molar-refractivity contribution in [3.05, 3.63) is 4.88 Å². The lowest BCUT2D eigenvalue weighted by atomic mass is 10.3. The molecule has 118 valence electrons. The fourth-order valence-electron chi connectivity index (χ4n) is 2.24. The van der Waals surface area contributed by atoms with Crippen molar-refractivity contribution in [1.29, 1.82) is 0 Å². The molecule has 0 spiro atoms. The van der Waals surface area contributed by atoms with E-state index >= 15 is 0 Å². The summed E-state index contributed by atoms with van der Waals surface area (Å²) in [6.45, 7) is 3.12. The van der Waals surface area contributed by atoms with Crippen molar-refractivity contribution in [3.63, 3.8) is 0 Å². The highest BCUT2D eigenvalue weighted by atomic mass is 32.1. The molecule has 1 saturated heterocycles. The number of rotatable bonds is 5. The maximum atomic E-state index is 12.1. The quantitative estimate of drug-likeness (QED) is 0.610. The van der Waals surface area contributed by atoms with Gasteiger partial charge < -0.3 is 30.9 Å². The molecule has 7 nitrogen and oxygen atoms in total. The van der Waals surface area contributed by atoms with Crippen LogP contribution in [0.4, 0.5) is 10.7 Å². The fourth-order valence-corrected chi connectivity index (χ4v) is 3.37. The summed E-state index contributed by atoms with van der Waals surface area (Å²) < 4.78 is 5.29. The molecule has 0 radical (unpaired) electrons. The highest BCUT2D eigenvalue weighted by Crippen LogP contribution is 2.45. The van der Waals surface area contributed by atoms with Crippen LogP contribution in [0.2, 0.25) is 0 Å². The van der Waals surface area contributed by atoms with Crippen LogP contribution in [-0.2, 0) is 0 Å². The van der Waals surface area contributed by atoms with Gasteiger partial charge >= 0.3 is 0 Å².